The lowest BCUT2D eigenvalue weighted by Crippen LogP contribution is -2.51. The van der Waals surface area contributed by atoms with Gasteiger partial charge >= 0.3 is 11.9 Å². The Morgan fingerprint density at radius 2 is 0.914 bits per heavy atom. The number of hydrogen-bond acceptors (Lipinski definition) is 8. The van der Waals surface area contributed by atoms with Crippen LogP contribution in [0.4, 0.5) is 0 Å². The highest BCUT2D eigenvalue weighted by Crippen LogP contribution is 2.16. The molecule has 0 N–H and O–H groups in total. The fraction of sp³-hybridized carbons (Fsp3) is 0.776. The zero-order valence-electron chi connectivity index (χ0n) is 37.7. The first-order valence-corrected chi connectivity index (χ1v) is 23.4. The standard InChI is InChI=1S/C49H86N2O7/c1-5-7-9-11-13-15-17-19-21-23-25-27-29-31-33-35-48(53)57-39-37-51(47(52)44-50-42-45(55-3)41-46(43-50)56-4)38-40-58-49(54)36-34-32-30-28-26-24-22-20-18-16-14-12-10-8-6-2/h13-16,19-22,45-46H,5-12,17-18,23-44H2,1-4H3/b15-13-,16-14-,21-19-,22-20-. The Balaban J connectivity index is 2.34. The molecular formula is C49H86N2O7. The van der Waals surface area contributed by atoms with Crippen LogP contribution in [0.3, 0.4) is 0 Å². The summed E-state index contributed by atoms with van der Waals surface area (Å²) < 4.78 is 22.3. The van der Waals surface area contributed by atoms with Gasteiger partial charge in [0.05, 0.1) is 31.8 Å². The Kier molecular flexibility index (Phi) is 36.5. The van der Waals surface area contributed by atoms with E-state index in [-0.39, 0.29) is 62.9 Å². The topological polar surface area (TPSA) is 94.6 Å². The van der Waals surface area contributed by atoms with Crippen molar-refractivity contribution in [2.45, 2.75) is 187 Å². The van der Waals surface area contributed by atoms with Gasteiger partial charge in [-0.25, -0.2) is 0 Å². The smallest absolute Gasteiger partial charge is 0.305 e. The molecule has 0 spiro atoms. The van der Waals surface area contributed by atoms with Gasteiger partial charge in [0.1, 0.15) is 13.2 Å². The van der Waals surface area contributed by atoms with E-state index in [0.717, 1.165) is 83.5 Å². The van der Waals surface area contributed by atoms with Gasteiger partial charge < -0.3 is 23.8 Å². The highest BCUT2D eigenvalue weighted by molar-refractivity contribution is 5.78. The maximum Gasteiger partial charge on any atom is 0.305 e. The van der Waals surface area contributed by atoms with E-state index in [4.69, 9.17) is 18.9 Å². The molecule has 0 saturated carbocycles. The number of hydrogen-bond donors (Lipinski definition) is 0. The Bertz CT molecular complexity index is 1040. The van der Waals surface area contributed by atoms with Crippen molar-refractivity contribution < 1.29 is 33.3 Å². The number of methoxy groups -OCH3 is 2. The highest BCUT2D eigenvalue weighted by Gasteiger charge is 2.29. The minimum absolute atomic E-state index is 0.00899. The maximum atomic E-state index is 13.5. The van der Waals surface area contributed by atoms with E-state index in [9.17, 15) is 14.4 Å². The lowest BCUT2D eigenvalue weighted by Gasteiger charge is -2.37. The number of carbonyl (C=O) groups excluding carboxylic acids is 3. The van der Waals surface area contributed by atoms with Gasteiger partial charge in [-0.3, -0.25) is 19.3 Å². The number of carbonyl (C=O) groups is 3. The van der Waals surface area contributed by atoms with Crippen molar-refractivity contribution in [3.8, 4) is 0 Å². The predicted molar refractivity (Wildman–Crippen MR) is 240 cm³/mol. The van der Waals surface area contributed by atoms with Gasteiger partial charge in [0, 0.05) is 46.6 Å². The molecular weight excluding hydrogens is 729 g/mol. The van der Waals surface area contributed by atoms with E-state index < -0.39 is 0 Å². The number of nitrogens with zero attached hydrogens (tertiary/aromatic N) is 2. The van der Waals surface area contributed by atoms with Crippen LogP contribution < -0.4 is 0 Å². The molecule has 1 aliphatic heterocycles. The molecule has 1 amide bonds. The van der Waals surface area contributed by atoms with Crippen molar-refractivity contribution in [3.05, 3.63) is 48.6 Å². The minimum atomic E-state index is -0.233. The van der Waals surface area contributed by atoms with Crippen molar-refractivity contribution in [1.82, 2.24) is 9.80 Å². The number of rotatable bonds is 38. The summed E-state index contributed by atoms with van der Waals surface area (Å²) in [5, 5.41) is 0. The minimum Gasteiger partial charge on any atom is -0.464 e. The molecule has 0 aliphatic carbocycles. The second-order valence-electron chi connectivity index (χ2n) is 15.9. The summed E-state index contributed by atoms with van der Waals surface area (Å²) >= 11 is 0. The summed E-state index contributed by atoms with van der Waals surface area (Å²) in [5.74, 6) is -0.561. The Morgan fingerprint density at radius 3 is 1.31 bits per heavy atom. The van der Waals surface area contributed by atoms with Gasteiger partial charge in [-0.15, -0.1) is 0 Å². The molecule has 1 fully saturated rings. The third-order valence-corrected chi connectivity index (χ3v) is 10.7. The summed E-state index contributed by atoms with van der Waals surface area (Å²) in [5.41, 5.74) is 0. The summed E-state index contributed by atoms with van der Waals surface area (Å²) in [6, 6.07) is 0. The first kappa shape index (κ1) is 53.3. The summed E-state index contributed by atoms with van der Waals surface area (Å²) in [6.07, 6.45) is 44.6. The van der Waals surface area contributed by atoms with Crippen LogP contribution in [0.15, 0.2) is 48.6 Å². The van der Waals surface area contributed by atoms with E-state index in [1.165, 1.54) is 64.2 Å². The molecule has 0 aromatic carbocycles. The van der Waals surface area contributed by atoms with Crippen LogP contribution in [0, 0.1) is 0 Å². The SMILES string of the molecule is CCCCC/C=C\C/C=C\CCCCCCCC(=O)OCCN(CCOC(=O)CCCCCCC/C=C\C/C=C\CCCCC)C(=O)CN1CC(OC)CC(OC)C1. The molecule has 0 radical (unpaired) electrons. The lowest BCUT2D eigenvalue weighted by molar-refractivity contribution is -0.148. The Hall–Kier alpha value is -2.75. The molecule has 1 rings (SSSR count). The molecule has 2 unspecified atom stereocenters. The number of ether oxygens (including phenoxy) is 4. The van der Waals surface area contributed by atoms with Gasteiger partial charge in [-0.1, -0.05) is 127 Å². The average Bonchev–Trinajstić information content (AvgIpc) is 3.22. The molecule has 58 heavy (non-hydrogen) atoms. The lowest BCUT2D eigenvalue weighted by atomic mass is 10.1. The molecule has 1 aliphatic rings. The zero-order valence-corrected chi connectivity index (χ0v) is 37.7. The molecule has 1 heterocycles. The monoisotopic (exact) mass is 815 g/mol. The van der Waals surface area contributed by atoms with Crippen LogP contribution in [0.25, 0.3) is 0 Å². The third kappa shape index (κ3) is 32.1. The van der Waals surface area contributed by atoms with Gasteiger partial charge in [0.25, 0.3) is 0 Å². The summed E-state index contributed by atoms with van der Waals surface area (Å²) in [6.45, 7) is 6.69. The van der Waals surface area contributed by atoms with Crippen molar-refractivity contribution in [2.24, 2.45) is 0 Å². The number of likely N-dealkylation sites (tertiary alicyclic amines) is 1. The van der Waals surface area contributed by atoms with Crippen LogP contribution in [0.5, 0.6) is 0 Å². The van der Waals surface area contributed by atoms with Crippen molar-refractivity contribution in [3.63, 3.8) is 0 Å². The number of allylic oxidation sites excluding steroid dienone is 8. The molecule has 9 nitrogen and oxygen atoms in total. The largest absolute Gasteiger partial charge is 0.464 e. The normalized spacial score (nSPS) is 16.3. The first-order chi connectivity index (χ1) is 28.4. The molecule has 0 bridgehead atoms. The second kappa shape index (κ2) is 39.7. The molecule has 1 saturated heterocycles. The fourth-order valence-corrected chi connectivity index (χ4v) is 7.06. The second-order valence-corrected chi connectivity index (χ2v) is 15.9. The van der Waals surface area contributed by atoms with Gasteiger partial charge in [-0.05, 0) is 77.0 Å². The number of amides is 1. The van der Waals surface area contributed by atoms with Crippen LogP contribution in [-0.4, -0.2) is 100 Å². The van der Waals surface area contributed by atoms with Crippen LogP contribution in [0.2, 0.25) is 0 Å². The van der Waals surface area contributed by atoms with Gasteiger partial charge in [0.2, 0.25) is 5.91 Å². The van der Waals surface area contributed by atoms with E-state index in [0.29, 0.717) is 25.9 Å². The number of esters is 2. The fourth-order valence-electron chi connectivity index (χ4n) is 7.06. The van der Waals surface area contributed by atoms with Crippen LogP contribution in [-0.2, 0) is 33.3 Å². The Labute approximate surface area is 355 Å². The number of piperidine rings is 1. The van der Waals surface area contributed by atoms with Crippen molar-refractivity contribution >= 4 is 17.8 Å². The molecule has 9 heteroatoms. The molecule has 0 aromatic rings. The van der Waals surface area contributed by atoms with E-state index in [1.54, 1.807) is 19.1 Å². The highest BCUT2D eigenvalue weighted by atomic mass is 16.5. The first-order valence-electron chi connectivity index (χ1n) is 23.4. The average molecular weight is 815 g/mol. The van der Waals surface area contributed by atoms with E-state index in [2.05, 4.69) is 62.5 Å². The van der Waals surface area contributed by atoms with Crippen molar-refractivity contribution in [1.29, 1.82) is 0 Å². The van der Waals surface area contributed by atoms with Crippen molar-refractivity contribution in [2.75, 3.05) is 60.2 Å². The quantitative estimate of drug-likeness (QED) is 0.0345. The zero-order chi connectivity index (χ0) is 42.2. The van der Waals surface area contributed by atoms with E-state index in [1.807, 2.05) is 4.90 Å². The van der Waals surface area contributed by atoms with Gasteiger partial charge in [0.15, 0.2) is 0 Å². The molecule has 0 aromatic heterocycles. The number of unbranched alkanes of at least 4 members (excludes halogenated alkanes) is 16. The third-order valence-electron chi connectivity index (χ3n) is 10.7. The maximum absolute atomic E-state index is 13.5. The molecule has 2 atom stereocenters. The molecule has 334 valence electrons. The van der Waals surface area contributed by atoms with Gasteiger partial charge in [-0.2, -0.15) is 0 Å². The predicted octanol–water partition coefficient (Wildman–Crippen LogP) is 11.3. The van der Waals surface area contributed by atoms with E-state index >= 15 is 0 Å². The summed E-state index contributed by atoms with van der Waals surface area (Å²) in [4.78, 5) is 42.3. The van der Waals surface area contributed by atoms with Crippen LogP contribution in [0.1, 0.15) is 174 Å². The summed E-state index contributed by atoms with van der Waals surface area (Å²) in [7, 11) is 3.37. The van der Waals surface area contributed by atoms with Crippen LogP contribution >= 0.6 is 0 Å². The Morgan fingerprint density at radius 1 is 0.534 bits per heavy atom.